The Morgan fingerprint density at radius 1 is 0.905 bits per heavy atom. The molecule has 4 aromatic carbocycles. The number of rotatable bonds is 7. The second kappa shape index (κ2) is 10.8. The minimum absolute atomic E-state index is 0.0112. The van der Waals surface area contributed by atoms with Crippen LogP contribution in [0, 0.1) is 0 Å². The Bertz CT molecular complexity index is 1930. The molecule has 0 unspecified atom stereocenters. The van der Waals surface area contributed by atoms with E-state index in [0.29, 0.717) is 34.4 Å². The first-order chi connectivity index (χ1) is 20.3. The van der Waals surface area contributed by atoms with Crippen molar-refractivity contribution in [3.05, 3.63) is 114 Å². The molecule has 1 atom stereocenters. The number of carbonyl (C=O) groups is 2. The minimum atomic E-state index is -3.94. The van der Waals surface area contributed by atoms with Crippen molar-refractivity contribution in [2.45, 2.75) is 31.2 Å². The van der Waals surface area contributed by atoms with Gasteiger partial charge >= 0.3 is 11.9 Å². The molecule has 0 saturated heterocycles. The van der Waals surface area contributed by atoms with Gasteiger partial charge in [0.1, 0.15) is 22.7 Å². The summed E-state index contributed by atoms with van der Waals surface area (Å²) in [5, 5.41) is 0.426. The summed E-state index contributed by atoms with van der Waals surface area (Å²) in [5.74, 6) is -0.795. The second-order valence-corrected chi connectivity index (χ2v) is 11.8. The number of anilines is 1. The summed E-state index contributed by atoms with van der Waals surface area (Å²) in [4.78, 5) is 26.2. The molecule has 1 aromatic heterocycles. The molecule has 0 aliphatic carbocycles. The molecule has 0 amide bonds. The van der Waals surface area contributed by atoms with Crippen molar-refractivity contribution in [1.29, 1.82) is 0 Å². The number of carbonyl (C=O) groups excluding carboxylic acids is 2. The van der Waals surface area contributed by atoms with Crippen LogP contribution in [0.3, 0.4) is 0 Å². The summed E-state index contributed by atoms with van der Waals surface area (Å²) in [6.07, 6.45) is 0.605. The quantitative estimate of drug-likeness (QED) is 0.157. The number of hydrogen-bond acceptors (Lipinski definition) is 7. The Morgan fingerprint density at radius 2 is 1.67 bits per heavy atom. The summed E-state index contributed by atoms with van der Waals surface area (Å²) in [7, 11) is -3.94. The Balaban J connectivity index is 1.32. The number of nitrogens with zero attached hydrogens (tertiary/aromatic N) is 1. The molecule has 0 saturated carbocycles. The molecule has 212 valence electrons. The second-order valence-electron chi connectivity index (χ2n) is 9.95. The highest BCUT2D eigenvalue weighted by molar-refractivity contribution is 7.92. The third-order valence-corrected chi connectivity index (χ3v) is 9.08. The topological polar surface area (TPSA) is 103 Å². The van der Waals surface area contributed by atoms with Crippen molar-refractivity contribution in [3.8, 4) is 17.1 Å². The van der Waals surface area contributed by atoms with Gasteiger partial charge in [0.25, 0.3) is 10.0 Å². The van der Waals surface area contributed by atoms with E-state index in [9.17, 15) is 18.0 Å². The average Bonchev–Trinajstić information content (AvgIpc) is 3.55. The van der Waals surface area contributed by atoms with E-state index in [1.54, 1.807) is 37.3 Å². The van der Waals surface area contributed by atoms with Crippen LogP contribution in [-0.2, 0) is 21.2 Å². The predicted molar refractivity (Wildman–Crippen MR) is 158 cm³/mol. The molecule has 0 bridgehead atoms. The zero-order chi connectivity index (χ0) is 29.4. The van der Waals surface area contributed by atoms with Crippen LogP contribution in [-0.4, -0.2) is 33.0 Å². The SMILES string of the molecule is CCOC(=O)c1c(-c2ccccc2)oc2ccc(OC(=O)c3cccc(S(=O)(=O)N4c5ccccc5C[C@H]4C)c3)cc12. The normalized spacial score (nSPS) is 14.5. The van der Waals surface area contributed by atoms with E-state index in [0.717, 1.165) is 5.56 Å². The average molecular weight is 582 g/mol. The van der Waals surface area contributed by atoms with E-state index >= 15 is 0 Å². The smallest absolute Gasteiger partial charge is 0.343 e. The molecule has 0 fully saturated rings. The van der Waals surface area contributed by atoms with Crippen LogP contribution in [0.25, 0.3) is 22.3 Å². The number of furan rings is 1. The first-order valence-corrected chi connectivity index (χ1v) is 15.0. The van der Waals surface area contributed by atoms with Gasteiger partial charge in [-0.05, 0) is 68.3 Å². The van der Waals surface area contributed by atoms with Crippen LogP contribution in [0.5, 0.6) is 5.75 Å². The molecule has 1 aliphatic heterocycles. The van der Waals surface area contributed by atoms with Gasteiger partial charge in [-0.15, -0.1) is 0 Å². The number of hydrogen-bond donors (Lipinski definition) is 0. The summed E-state index contributed by atoms with van der Waals surface area (Å²) in [6, 6.07) is 26.8. The van der Waals surface area contributed by atoms with Crippen LogP contribution in [0.2, 0.25) is 0 Å². The molecule has 9 heteroatoms. The zero-order valence-corrected chi connectivity index (χ0v) is 23.8. The Hall–Kier alpha value is -4.89. The molecule has 5 aromatic rings. The molecular weight excluding hydrogens is 554 g/mol. The Labute approximate surface area is 243 Å². The van der Waals surface area contributed by atoms with E-state index in [1.165, 1.54) is 28.6 Å². The highest BCUT2D eigenvalue weighted by Crippen LogP contribution is 2.38. The number of benzene rings is 4. The lowest BCUT2D eigenvalue weighted by Crippen LogP contribution is -2.35. The molecule has 1 aliphatic rings. The number of para-hydroxylation sites is 1. The highest BCUT2D eigenvalue weighted by atomic mass is 32.2. The van der Waals surface area contributed by atoms with Crippen molar-refractivity contribution < 1.29 is 31.9 Å². The first kappa shape index (κ1) is 27.3. The minimum Gasteiger partial charge on any atom is -0.462 e. The van der Waals surface area contributed by atoms with E-state index in [4.69, 9.17) is 13.9 Å². The monoisotopic (exact) mass is 581 g/mol. The molecule has 0 spiro atoms. The van der Waals surface area contributed by atoms with Gasteiger partial charge in [0, 0.05) is 17.0 Å². The van der Waals surface area contributed by atoms with Gasteiger partial charge in [-0.25, -0.2) is 18.0 Å². The fourth-order valence-electron chi connectivity index (χ4n) is 5.31. The Kier molecular flexibility index (Phi) is 7.04. The largest absolute Gasteiger partial charge is 0.462 e. The summed E-state index contributed by atoms with van der Waals surface area (Å²) < 4.78 is 45.7. The zero-order valence-electron chi connectivity index (χ0n) is 22.9. The lowest BCUT2D eigenvalue weighted by molar-refractivity contribution is 0.0528. The van der Waals surface area contributed by atoms with Crippen molar-refractivity contribution in [2.75, 3.05) is 10.9 Å². The molecule has 8 nitrogen and oxygen atoms in total. The van der Waals surface area contributed by atoms with Crippen LogP contribution >= 0.6 is 0 Å². The van der Waals surface area contributed by atoms with E-state index in [1.807, 2.05) is 49.4 Å². The molecule has 2 heterocycles. The third kappa shape index (κ3) is 4.81. The van der Waals surface area contributed by atoms with Crippen LogP contribution in [0.1, 0.15) is 40.1 Å². The maximum absolute atomic E-state index is 13.7. The number of esters is 2. The van der Waals surface area contributed by atoms with Crippen LogP contribution in [0.15, 0.2) is 106 Å². The molecular formula is C33H27NO7S. The van der Waals surface area contributed by atoms with Crippen LogP contribution in [0.4, 0.5) is 5.69 Å². The van der Waals surface area contributed by atoms with Gasteiger partial charge in [-0.2, -0.15) is 0 Å². The summed E-state index contributed by atoms with van der Waals surface area (Å²) >= 11 is 0. The fourth-order valence-corrected chi connectivity index (χ4v) is 7.04. The Morgan fingerprint density at radius 3 is 2.45 bits per heavy atom. The maximum atomic E-state index is 13.7. The van der Waals surface area contributed by atoms with Crippen LogP contribution < -0.4 is 9.04 Å². The van der Waals surface area contributed by atoms with E-state index < -0.39 is 22.0 Å². The van der Waals surface area contributed by atoms with Gasteiger partial charge in [0.15, 0.2) is 0 Å². The van der Waals surface area contributed by atoms with E-state index in [2.05, 4.69) is 0 Å². The lowest BCUT2D eigenvalue weighted by atomic mass is 10.1. The lowest BCUT2D eigenvalue weighted by Gasteiger charge is -2.24. The molecule has 6 rings (SSSR count). The third-order valence-electron chi connectivity index (χ3n) is 7.16. The highest BCUT2D eigenvalue weighted by Gasteiger charge is 2.36. The van der Waals surface area contributed by atoms with Crippen molar-refractivity contribution in [2.24, 2.45) is 0 Å². The van der Waals surface area contributed by atoms with Gasteiger partial charge in [-0.1, -0.05) is 54.6 Å². The van der Waals surface area contributed by atoms with Crippen molar-refractivity contribution in [3.63, 3.8) is 0 Å². The summed E-state index contributed by atoms with van der Waals surface area (Å²) in [6.45, 7) is 3.75. The summed E-state index contributed by atoms with van der Waals surface area (Å²) in [5.41, 5.74) is 3.01. The molecule has 42 heavy (non-hydrogen) atoms. The standard InChI is InChI=1S/C33H27NO7S/c1-3-39-33(36)30-27-20-25(16-17-29(27)41-31(30)22-10-5-4-6-11-22)40-32(35)24-13-9-14-26(19-24)42(37,38)34-21(2)18-23-12-7-8-15-28(23)34/h4-17,19-21H,3,18H2,1-2H3/t21-/m1/s1. The number of ether oxygens (including phenoxy) is 2. The molecule has 0 N–H and O–H groups in total. The number of fused-ring (bicyclic) bond motifs is 2. The molecule has 0 radical (unpaired) electrons. The van der Waals surface area contributed by atoms with Gasteiger partial charge in [0.05, 0.1) is 22.8 Å². The number of sulfonamides is 1. The van der Waals surface area contributed by atoms with Gasteiger partial charge < -0.3 is 13.9 Å². The van der Waals surface area contributed by atoms with Gasteiger partial charge in [0.2, 0.25) is 0 Å². The first-order valence-electron chi connectivity index (χ1n) is 13.5. The van der Waals surface area contributed by atoms with E-state index in [-0.39, 0.29) is 34.4 Å². The van der Waals surface area contributed by atoms with Crippen molar-refractivity contribution in [1.82, 2.24) is 0 Å². The van der Waals surface area contributed by atoms with Crippen molar-refractivity contribution >= 4 is 38.6 Å². The maximum Gasteiger partial charge on any atom is 0.343 e. The fraction of sp³-hybridized carbons (Fsp3) is 0.152. The van der Waals surface area contributed by atoms with Gasteiger partial charge in [-0.3, -0.25) is 4.31 Å². The predicted octanol–water partition coefficient (Wildman–Crippen LogP) is 6.64.